The van der Waals surface area contributed by atoms with E-state index in [0.717, 1.165) is 12.8 Å². The molecule has 21 heavy (non-hydrogen) atoms. The van der Waals surface area contributed by atoms with E-state index in [-0.39, 0.29) is 12.1 Å². The van der Waals surface area contributed by atoms with Crippen molar-refractivity contribution in [2.75, 3.05) is 0 Å². The molecule has 0 spiro atoms. The Kier molecular flexibility index (Phi) is 5.56. The number of hydrogen-bond acceptors (Lipinski definition) is 2. The molecule has 1 aromatic rings. The summed E-state index contributed by atoms with van der Waals surface area (Å²) >= 11 is 11.8. The maximum Gasteiger partial charge on any atom is 0.338 e. The average Bonchev–Trinajstić information content (AvgIpc) is 2.41. The second-order valence-corrected chi connectivity index (χ2v) is 7.21. The first-order valence-corrected chi connectivity index (χ1v) is 8.30. The van der Waals surface area contributed by atoms with Crippen molar-refractivity contribution in [3.8, 4) is 0 Å². The first-order valence-electron chi connectivity index (χ1n) is 7.54. The Labute approximate surface area is 136 Å². The molecule has 0 aliphatic heterocycles. The molecule has 0 radical (unpaired) electrons. The summed E-state index contributed by atoms with van der Waals surface area (Å²) in [7, 11) is 0. The molecule has 0 aromatic heterocycles. The standard InChI is InChI=1S/C17H22Cl2O2/c1-10(2)13-6-4-11(3)8-16(13)21-17(20)12-5-7-14(18)15(19)9-12/h5,7,9-11,13,16H,4,6,8H2,1-3H3/t11-,13+,16-/m1/s1. The molecule has 4 heteroatoms. The lowest BCUT2D eigenvalue weighted by Crippen LogP contribution is -2.35. The molecule has 1 aliphatic rings. The van der Waals surface area contributed by atoms with Gasteiger partial charge >= 0.3 is 5.97 Å². The number of carbonyl (C=O) groups excluding carboxylic acids is 1. The van der Waals surface area contributed by atoms with Gasteiger partial charge in [0.1, 0.15) is 6.10 Å². The quantitative estimate of drug-likeness (QED) is 0.674. The minimum absolute atomic E-state index is 0.00398. The number of carbonyl (C=O) groups is 1. The number of esters is 1. The highest BCUT2D eigenvalue weighted by atomic mass is 35.5. The molecule has 0 unspecified atom stereocenters. The second-order valence-electron chi connectivity index (χ2n) is 6.40. The van der Waals surface area contributed by atoms with Gasteiger partial charge in [-0.05, 0) is 48.8 Å². The van der Waals surface area contributed by atoms with Gasteiger partial charge in [-0.15, -0.1) is 0 Å². The van der Waals surface area contributed by atoms with E-state index in [1.165, 1.54) is 6.42 Å². The molecule has 2 rings (SSSR count). The van der Waals surface area contributed by atoms with Crippen LogP contribution in [0.25, 0.3) is 0 Å². The largest absolute Gasteiger partial charge is 0.458 e. The van der Waals surface area contributed by atoms with Gasteiger partial charge in [0.25, 0.3) is 0 Å². The molecule has 0 N–H and O–H groups in total. The molecule has 1 fully saturated rings. The zero-order chi connectivity index (χ0) is 15.6. The lowest BCUT2D eigenvalue weighted by atomic mass is 9.75. The Balaban J connectivity index is 2.10. The van der Waals surface area contributed by atoms with Gasteiger partial charge in [-0.3, -0.25) is 0 Å². The second kappa shape index (κ2) is 7.02. The van der Waals surface area contributed by atoms with Crippen LogP contribution < -0.4 is 0 Å². The molecule has 3 atom stereocenters. The van der Waals surface area contributed by atoms with E-state index in [1.807, 2.05) is 0 Å². The monoisotopic (exact) mass is 328 g/mol. The van der Waals surface area contributed by atoms with Crippen LogP contribution in [0.1, 0.15) is 50.4 Å². The minimum atomic E-state index is -0.307. The molecule has 1 aliphatic carbocycles. The summed E-state index contributed by atoms with van der Waals surface area (Å²) in [5.41, 5.74) is 0.463. The topological polar surface area (TPSA) is 26.3 Å². The molecule has 0 amide bonds. The van der Waals surface area contributed by atoms with Gasteiger partial charge in [0.05, 0.1) is 15.6 Å². The smallest absolute Gasteiger partial charge is 0.338 e. The van der Waals surface area contributed by atoms with Gasteiger partial charge in [-0.1, -0.05) is 50.4 Å². The fourth-order valence-corrected chi connectivity index (χ4v) is 3.38. The molecule has 0 saturated heterocycles. The lowest BCUT2D eigenvalue weighted by Gasteiger charge is -2.36. The fraction of sp³-hybridized carbons (Fsp3) is 0.588. The summed E-state index contributed by atoms with van der Waals surface area (Å²) in [6.07, 6.45) is 3.27. The Morgan fingerprint density at radius 1 is 1.24 bits per heavy atom. The third-order valence-electron chi connectivity index (χ3n) is 4.38. The number of hydrogen-bond donors (Lipinski definition) is 0. The van der Waals surface area contributed by atoms with Crippen LogP contribution in [0.3, 0.4) is 0 Å². The lowest BCUT2D eigenvalue weighted by molar-refractivity contribution is -0.0174. The van der Waals surface area contributed by atoms with Crippen molar-refractivity contribution in [2.24, 2.45) is 17.8 Å². The van der Waals surface area contributed by atoms with Crippen molar-refractivity contribution in [3.63, 3.8) is 0 Å². The summed E-state index contributed by atoms with van der Waals surface area (Å²) in [6.45, 7) is 6.61. The maximum atomic E-state index is 12.3. The highest BCUT2D eigenvalue weighted by molar-refractivity contribution is 6.42. The SMILES string of the molecule is CC(C)[C@@H]1CC[C@@H](C)C[C@H]1OC(=O)c1ccc(Cl)c(Cl)c1. The van der Waals surface area contributed by atoms with Crippen LogP contribution in [0.4, 0.5) is 0 Å². The van der Waals surface area contributed by atoms with Crippen LogP contribution in [0.5, 0.6) is 0 Å². The molecular weight excluding hydrogens is 307 g/mol. The van der Waals surface area contributed by atoms with E-state index in [4.69, 9.17) is 27.9 Å². The predicted octanol–water partition coefficient (Wildman–Crippen LogP) is 5.61. The summed E-state index contributed by atoms with van der Waals surface area (Å²) < 4.78 is 5.78. The molecule has 0 heterocycles. The van der Waals surface area contributed by atoms with Crippen molar-refractivity contribution in [1.82, 2.24) is 0 Å². The maximum absolute atomic E-state index is 12.3. The van der Waals surface area contributed by atoms with Crippen molar-refractivity contribution in [3.05, 3.63) is 33.8 Å². The summed E-state index contributed by atoms with van der Waals surface area (Å²) in [6, 6.07) is 4.86. The summed E-state index contributed by atoms with van der Waals surface area (Å²) in [4.78, 5) is 12.3. The van der Waals surface area contributed by atoms with E-state index < -0.39 is 0 Å². The zero-order valence-corrected chi connectivity index (χ0v) is 14.2. The molecule has 0 bridgehead atoms. The molecule has 1 saturated carbocycles. The summed E-state index contributed by atoms with van der Waals surface area (Å²) in [5, 5.41) is 0.822. The van der Waals surface area contributed by atoms with Gasteiger partial charge in [0, 0.05) is 0 Å². The number of halogens is 2. The van der Waals surface area contributed by atoms with Crippen LogP contribution >= 0.6 is 23.2 Å². The third kappa shape index (κ3) is 4.14. The van der Waals surface area contributed by atoms with Gasteiger partial charge in [-0.25, -0.2) is 4.79 Å². The van der Waals surface area contributed by atoms with Gasteiger partial charge < -0.3 is 4.74 Å². The molecule has 2 nitrogen and oxygen atoms in total. The zero-order valence-electron chi connectivity index (χ0n) is 12.7. The van der Waals surface area contributed by atoms with Crippen molar-refractivity contribution in [2.45, 2.75) is 46.1 Å². The number of ether oxygens (including phenoxy) is 1. The van der Waals surface area contributed by atoms with E-state index in [9.17, 15) is 4.79 Å². The number of benzene rings is 1. The van der Waals surface area contributed by atoms with Gasteiger partial charge in [-0.2, -0.15) is 0 Å². The van der Waals surface area contributed by atoms with Crippen LogP contribution in [0.15, 0.2) is 18.2 Å². The third-order valence-corrected chi connectivity index (χ3v) is 5.11. The minimum Gasteiger partial charge on any atom is -0.458 e. The van der Waals surface area contributed by atoms with E-state index >= 15 is 0 Å². The van der Waals surface area contributed by atoms with Crippen LogP contribution in [0.2, 0.25) is 10.0 Å². The van der Waals surface area contributed by atoms with Crippen molar-refractivity contribution in [1.29, 1.82) is 0 Å². The number of rotatable bonds is 3. The highest BCUT2D eigenvalue weighted by Gasteiger charge is 2.33. The van der Waals surface area contributed by atoms with Gasteiger partial charge in [0.2, 0.25) is 0 Å². The predicted molar refractivity (Wildman–Crippen MR) is 87.0 cm³/mol. The van der Waals surface area contributed by atoms with E-state index in [2.05, 4.69) is 20.8 Å². The molecule has 1 aromatic carbocycles. The average molecular weight is 329 g/mol. The first-order chi connectivity index (χ1) is 9.88. The normalized spacial score (nSPS) is 25.9. The Hall–Kier alpha value is -0.730. The summed E-state index contributed by atoms with van der Waals surface area (Å²) in [5.74, 6) is 1.25. The Morgan fingerprint density at radius 3 is 2.57 bits per heavy atom. The van der Waals surface area contributed by atoms with Crippen LogP contribution in [-0.2, 0) is 4.74 Å². The molecule has 116 valence electrons. The van der Waals surface area contributed by atoms with Crippen LogP contribution in [0, 0.1) is 17.8 Å². The van der Waals surface area contributed by atoms with Gasteiger partial charge in [0.15, 0.2) is 0 Å². The first kappa shape index (κ1) is 16.6. The fourth-order valence-electron chi connectivity index (χ4n) is 3.08. The Bertz CT molecular complexity index is 514. The molecular formula is C17H22Cl2O2. The van der Waals surface area contributed by atoms with Crippen molar-refractivity contribution >= 4 is 29.2 Å². The Morgan fingerprint density at radius 2 is 1.95 bits per heavy atom. The van der Waals surface area contributed by atoms with Crippen LogP contribution in [-0.4, -0.2) is 12.1 Å². The van der Waals surface area contributed by atoms with E-state index in [1.54, 1.807) is 18.2 Å². The van der Waals surface area contributed by atoms with Crippen molar-refractivity contribution < 1.29 is 9.53 Å². The highest BCUT2D eigenvalue weighted by Crippen LogP contribution is 2.36. The van der Waals surface area contributed by atoms with E-state index in [0.29, 0.717) is 33.4 Å².